The zero-order chi connectivity index (χ0) is 17.6. The molecular weight excluding hydrogens is 324 g/mol. The third-order valence-electron chi connectivity index (χ3n) is 4.50. The summed E-state index contributed by atoms with van der Waals surface area (Å²) < 4.78 is 5.29. The average molecular weight is 348 g/mol. The van der Waals surface area contributed by atoms with Crippen molar-refractivity contribution in [2.45, 2.75) is 19.0 Å². The van der Waals surface area contributed by atoms with Gasteiger partial charge in [-0.15, -0.1) is 0 Å². The summed E-state index contributed by atoms with van der Waals surface area (Å²) >= 11 is 0. The molecule has 0 bridgehead atoms. The van der Waals surface area contributed by atoms with Crippen LogP contribution in [-0.2, 0) is 9.53 Å². The Labute approximate surface area is 146 Å². The standard InChI is InChI=1S/C17H24N4O4/c22-11-12-14(23)2-1-13-17(12)20-15(19-13)3-4-16(24)18-5-6-21-7-9-25-10-8-21/h1-2,11,15,19-20,23H,3-10H2,(H,18,24). The van der Waals surface area contributed by atoms with Gasteiger partial charge in [-0.2, -0.15) is 0 Å². The molecule has 0 radical (unpaired) electrons. The van der Waals surface area contributed by atoms with Crippen LogP contribution in [0.4, 0.5) is 11.4 Å². The van der Waals surface area contributed by atoms with Crippen LogP contribution < -0.4 is 16.0 Å². The summed E-state index contributed by atoms with van der Waals surface area (Å²) in [4.78, 5) is 25.4. The number of hydrogen-bond acceptors (Lipinski definition) is 7. The molecule has 2 aliphatic rings. The molecule has 1 saturated heterocycles. The smallest absolute Gasteiger partial charge is 0.220 e. The Kier molecular flexibility index (Phi) is 5.72. The van der Waals surface area contributed by atoms with E-state index in [2.05, 4.69) is 20.9 Å². The Morgan fingerprint density at radius 2 is 2.16 bits per heavy atom. The molecule has 1 atom stereocenters. The molecule has 8 nitrogen and oxygen atoms in total. The Morgan fingerprint density at radius 3 is 2.92 bits per heavy atom. The van der Waals surface area contributed by atoms with E-state index in [0.29, 0.717) is 31.4 Å². The van der Waals surface area contributed by atoms with Gasteiger partial charge in [0, 0.05) is 32.6 Å². The molecule has 0 aliphatic carbocycles. The quantitative estimate of drug-likeness (QED) is 0.423. The number of carbonyl (C=O) groups excluding carboxylic acids is 2. The average Bonchev–Trinajstić information content (AvgIpc) is 3.04. The fourth-order valence-corrected chi connectivity index (χ4v) is 3.09. The lowest BCUT2D eigenvalue weighted by molar-refractivity contribution is -0.121. The number of phenolic OH excluding ortho intramolecular Hbond substituents is 1. The number of morpholine rings is 1. The molecule has 25 heavy (non-hydrogen) atoms. The maximum atomic E-state index is 12.0. The lowest BCUT2D eigenvalue weighted by Gasteiger charge is -2.26. The van der Waals surface area contributed by atoms with E-state index in [1.165, 1.54) is 6.07 Å². The van der Waals surface area contributed by atoms with Gasteiger partial charge >= 0.3 is 0 Å². The van der Waals surface area contributed by atoms with E-state index in [-0.39, 0.29) is 23.4 Å². The zero-order valence-electron chi connectivity index (χ0n) is 14.1. The Hall–Kier alpha value is -2.32. The van der Waals surface area contributed by atoms with Crippen molar-refractivity contribution in [1.82, 2.24) is 10.2 Å². The highest BCUT2D eigenvalue weighted by Crippen LogP contribution is 2.37. The molecule has 2 heterocycles. The first-order valence-electron chi connectivity index (χ1n) is 8.58. The highest BCUT2D eigenvalue weighted by atomic mass is 16.5. The molecule has 1 aromatic carbocycles. The fourth-order valence-electron chi connectivity index (χ4n) is 3.09. The van der Waals surface area contributed by atoms with Crippen molar-refractivity contribution in [3.8, 4) is 5.75 Å². The number of ether oxygens (including phenoxy) is 1. The normalized spacial score (nSPS) is 19.6. The van der Waals surface area contributed by atoms with Crippen molar-refractivity contribution in [3.05, 3.63) is 17.7 Å². The summed E-state index contributed by atoms with van der Waals surface area (Å²) in [5.74, 6) is -0.0455. The predicted molar refractivity (Wildman–Crippen MR) is 94.0 cm³/mol. The first-order valence-corrected chi connectivity index (χ1v) is 8.58. The first kappa shape index (κ1) is 17.5. The summed E-state index contributed by atoms with van der Waals surface area (Å²) in [5, 5.41) is 19.0. The van der Waals surface area contributed by atoms with Crippen LogP contribution in [0.25, 0.3) is 0 Å². The van der Waals surface area contributed by atoms with Crippen molar-refractivity contribution >= 4 is 23.6 Å². The molecule has 8 heteroatoms. The van der Waals surface area contributed by atoms with E-state index in [0.717, 1.165) is 38.5 Å². The minimum atomic E-state index is -0.138. The number of aromatic hydroxyl groups is 1. The number of amides is 1. The molecule has 0 aromatic heterocycles. The second kappa shape index (κ2) is 8.17. The summed E-state index contributed by atoms with van der Waals surface area (Å²) in [6.45, 7) is 4.81. The van der Waals surface area contributed by atoms with E-state index < -0.39 is 0 Å². The second-order valence-electron chi connectivity index (χ2n) is 6.22. The maximum absolute atomic E-state index is 12.0. The van der Waals surface area contributed by atoms with Crippen LogP contribution in [0.5, 0.6) is 5.75 Å². The van der Waals surface area contributed by atoms with Crippen molar-refractivity contribution in [2.24, 2.45) is 0 Å². The summed E-state index contributed by atoms with van der Waals surface area (Å²) in [7, 11) is 0. The van der Waals surface area contributed by atoms with Crippen LogP contribution in [0.2, 0.25) is 0 Å². The number of nitrogens with one attached hydrogen (secondary N) is 3. The minimum absolute atomic E-state index is 0.00581. The van der Waals surface area contributed by atoms with Crippen LogP contribution in [0.15, 0.2) is 12.1 Å². The van der Waals surface area contributed by atoms with Gasteiger partial charge in [0.15, 0.2) is 6.29 Å². The molecular formula is C17H24N4O4. The maximum Gasteiger partial charge on any atom is 0.220 e. The van der Waals surface area contributed by atoms with Crippen LogP contribution in [-0.4, -0.2) is 67.8 Å². The van der Waals surface area contributed by atoms with E-state index in [1.54, 1.807) is 6.07 Å². The SMILES string of the molecule is O=Cc1c(O)ccc2c1NC(CCC(=O)NCCN1CCOCC1)N2. The van der Waals surface area contributed by atoms with Gasteiger partial charge in [0.1, 0.15) is 5.75 Å². The number of carbonyl (C=O) groups is 2. The molecule has 1 fully saturated rings. The topological polar surface area (TPSA) is 103 Å². The van der Waals surface area contributed by atoms with Gasteiger partial charge in [0.05, 0.1) is 36.3 Å². The van der Waals surface area contributed by atoms with E-state index in [4.69, 9.17) is 4.74 Å². The monoisotopic (exact) mass is 348 g/mol. The van der Waals surface area contributed by atoms with Gasteiger partial charge in [-0.1, -0.05) is 0 Å². The molecule has 2 aliphatic heterocycles. The van der Waals surface area contributed by atoms with Gasteiger partial charge in [0.25, 0.3) is 0 Å². The Bertz CT molecular complexity index is 631. The van der Waals surface area contributed by atoms with Gasteiger partial charge in [-0.3, -0.25) is 14.5 Å². The summed E-state index contributed by atoms with van der Waals surface area (Å²) in [5.41, 5.74) is 1.59. The van der Waals surface area contributed by atoms with Gasteiger partial charge in [-0.05, 0) is 18.6 Å². The van der Waals surface area contributed by atoms with Crippen LogP contribution in [0, 0.1) is 0 Å². The largest absolute Gasteiger partial charge is 0.507 e. The lowest BCUT2D eigenvalue weighted by atomic mass is 10.1. The predicted octanol–water partition coefficient (Wildman–Crippen LogP) is 0.597. The summed E-state index contributed by atoms with van der Waals surface area (Å²) in [6, 6.07) is 3.20. The third kappa shape index (κ3) is 4.40. The summed E-state index contributed by atoms with van der Waals surface area (Å²) in [6.07, 6.45) is 1.45. The number of rotatable bonds is 7. The third-order valence-corrected chi connectivity index (χ3v) is 4.50. The van der Waals surface area contributed by atoms with E-state index in [1.807, 2.05) is 0 Å². The minimum Gasteiger partial charge on any atom is -0.507 e. The number of aldehydes is 1. The molecule has 4 N–H and O–H groups in total. The highest BCUT2D eigenvalue weighted by molar-refractivity contribution is 5.95. The molecule has 3 rings (SSSR count). The van der Waals surface area contributed by atoms with Crippen LogP contribution >= 0.6 is 0 Å². The molecule has 1 unspecified atom stereocenters. The van der Waals surface area contributed by atoms with Crippen molar-refractivity contribution in [3.63, 3.8) is 0 Å². The number of phenols is 1. The molecule has 0 spiro atoms. The lowest BCUT2D eigenvalue weighted by Crippen LogP contribution is -2.41. The Morgan fingerprint density at radius 1 is 1.36 bits per heavy atom. The highest BCUT2D eigenvalue weighted by Gasteiger charge is 2.24. The van der Waals surface area contributed by atoms with Crippen molar-refractivity contribution in [2.75, 3.05) is 50.0 Å². The van der Waals surface area contributed by atoms with Gasteiger partial charge in [-0.25, -0.2) is 0 Å². The first-order chi connectivity index (χ1) is 12.2. The van der Waals surface area contributed by atoms with E-state index in [9.17, 15) is 14.7 Å². The second-order valence-corrected chi connectivity index (χ2v) is 6.22. The van der Waals surface area contributed by atoms with Crippen molar-refractivity contribution < 1.29 is 19.4 Å². The van der Waals surface area contributed by atoms with Gasteiger partial charge in [0.2, 0.25) is 5.91 Å². The van der Waals surface area contributed by atoms with Crippen LogP contribution in [0.3, 0.4) is 0 Å². The fraction of sp³-hybridized carbons (Fsp3) is 0.529. The Balaban J connectivity index is 1.39. The van der Waals surface area contributed by atoms with Crippen LogP contribution in [0.1, 0.15) is 23.2 Å². The van der Waals surface area contributed by atoms with E-state index >= 15 is 0 Å². The number of fused-ring (bicyclic) bond motifs is 1. The molecule has 1 aromatic rings. The molecule has 136 valence electrons. The zero-order valence-corrected chi connectivity index (χ0v) is 14.1. The molecule has 0 saturated carbocycles. The van der Waals surface area contributed by atoms with Crippen molar-refractivity contribution in [1.29, 1.82) is 0 Å². The number of anilines is 2. The molecule has 1 amide bonds. The number of nitrogens with zero attached hydrogens (tertiary/aromatic N) is 1. The number of benzene rings is 1. The van der Waals surface area contributed by atoms with Gasteiger partial charge < -0.3 is 25.8 Å². The number of hydrogen-bond donors (Lipinski definition) is 4.